The second-order valence-electron chi connectivity index (χ2n) is 9.97. The number of nitrogens with zero attached hydrogens (tertiary/aromatic N) is 1. The highest BCUT2D eigenvalue weighted by molar-refractivity contribution is 5.95. The first-order valence-corrected chi connectivity index (χ1v) is 13.1. The maximum atomic E-state index is 13.3. The van der Waals surface area contributed by atoms with Crippen molar-refractivity contribution in [1.29, 1.82) is 0 Å². The number of amides is 2. The van der Waals surface area contributed by atoms with Gasteiger partial charge in [-0.15, -0.1) is 0 Å². The number of anilines is 1. The Morgan fingerprint density at radius 2 is 1.62 bits per heavy atom. The lowest BCUT2D eigenvalue weighted by atomic mass is 9.77. The molecule has 40 heavy (non-hydrogen) atoms. The van der Waals surface area contributed by atoms with Crippen LogP contribution in [0.2, 0.25) is 0 Å². The molecule has 2 aromatic carbocycles. The molecule has 1 aliphatic rings. The van der Waals surface area contributed by atoms with Gasteiger partial charge in [0.25, 0.3) is 5.91 Å². The fraction of sp³-hybridized carbons (Fsp3) is 0.333. The van der Waals surface area contributed by atoms with E-state index in [9.17, 15) is 27.6 Å². The van der Waals surface area contributed by atoms with Crippen LogP contribution in [-0.2, 0) is 15.8 Å². The Hall–Kier alpha value is -4.21. The molecule has 3 aromatic rings. The Balaban J connectivity index is 1.22. The number of aromatic nitrogens is 1. The second-order valence-corrected chi connectivity index (χ2v) is 9.97. The standard InChI is InChI=1S/C30H30F3N3O4/c31-30(32,33)25-4-2-1-3-24(25)26-14-11-22(18-35-26)29(40)34-16-15-27(37)36-23-12-9-21(10-13-23)20-7-5-19(6-8-20)17-28(38)39/h1-4,9-14,18-20H,5-8,15-17H2,(H,34,40)(H,36,37)(H,38,39). The lowest BCUT2D eigenvalue weighted by Crippen LogP contribution is -2.27. The fourth-order valence-corrected chi connectivity index (χ4v) is 5.04. The second kappa shape index (κ2) is 12.8. The van der Waals surface area contributed by atoms with Crippen LogP contribution in [0.15, 0.2) is 66.9 Å². The molecule has 0 radical (unpaired) electrons. The molecule has 7 nitrogen and oxygen atoms in total. The maximum Gasteiger partial charge on any atom is 0.417 e. The SMILES string of the molecule is O=C(O)CC1CCC(c2ccc(NC(=O)CCNC(=O)c3ccc(-c4ccccc4C(F)(F)F)nc3)cc2)CC1. The summed E-state index contributed by atoms with van der Waals surface area (Å²) >= 11 is 0. The van der Waals surface area contributed by atoms with Gasteiger partial charge in [-0.3, -0.25) is 19.4 Å². The molecule has 4 rings (SSSR count). The Morgan fingerprint density at radius 3 is 2.25 bits per heavy atom. The minimum atomic E-state index is -4.53. The molecule has 0 aliphatic heterocycles. The van der Waals surface area contributed by atoms with Crippen molar-refractivity contribution < 1.29 is 32.7 Å². The third-order valence-electron chi connectivity index (χ3n) is 7.15. The molecule has 210 valence electrons. The lowest BCUT2D eigenvalue weighted by Gasteiger charge is -2.28. The van der Waals surface area contributed by atoms with Crippen LogP contribution in [0.5, 0.6) is 0 Å². The first-order chi connectivity index (χ1) is 19.1. The van der Waals surface area contributed by atoms with Gasteiger partial charge in [0.1, 0.15) is 0 Å². The molecule has 1 saturated carbocycles. The van der Waals surface area contributed by atoms with E-state index < -0.39 is 23.6 Å². The van der Waals surface area contributed by atoms with Gasteiger partial charge in [-0.2, -0.15) is 13.2 Å². The summed E-state index contributed by atoms with van der Waals surface area (Å²) in [7, 11) is 0. The van der Waals surface area contributed by atoms with Crippen molar-refractivity contribution in [1.82, 2.24) is 10.3 Å². The van der Waals surface area contributed by atoms with Gasteiger partial charge in [-0.05, 0) is 73.4 Å². The molecule has 0 bridgehead atoms. The van der Waals surface area contributed by atoms with Crippen LogP contribution in [0.4, 0.5) is 18.9 Å². The molecular formula is C30H30F3N3O4. The zero-order valence-corrected chi connectivity index (χ0v) is 21.7. The normalized spacial score (nSPS) is 17.2. The summed E-state index contributed by atoms with van der Waals surface area (Å²) in [6.45, 7) is 0.0704. The predicted molar refractivity (Wildman–Crippen MR) is 144 cm³/mol. The topological polar surface area (TPSA) is 108 Å². The van der Waals surface area contributed by atoms with E-state index in [1.54, 1.807) is 0 Å². The Bertz CT molecular complexity index is 1330. The van der Waals surface area contributed by atoms with Crippen molar-refractivity contribution in [2.75, 3.05) is 11.9 Å². The van der Waals surface area contributed by atoms with Crippen molar-refractivity contribution in [3.63, 3.8) is 0 Å². The molecule has 2 amide bonds. The van der Waals surface area contributed by atoms with E-state index in [0.717, 1.165) is 31.7 Å². The number of nitrogens with one attached hydrogen (secondary N) is 2. The maximum absolute atomic E-state index is 13.3. The third-order valence-corrected chi connectivity index (χ3v) is 7.15. The Morgan fingerprint density at radius 1 is 0.925 bits per heavy atom. The summed E-state index contributed by atoms with van der Waals surface area (Å²) in [6, 6.07) is 15.5. The van der Waals surface area contributed by atoms with Crippen LogP contribution in [-0.4, -0.2) is 34.4 Å². The fourth-order valence-electron chi connectivity index (χ4n) is 5.04. The molecule has 1 aromatic heterocycles. The van der Waals surface area contributed by atoms with Gasteiger partial charge in [0, 0.05) is 36.8 Å². The Labute approximate surface area is 229 Å². The first-order valence-electron chi connectivity index (χ1n) is 13.1. The molecule has 0 unspecified atom stereocenters. The molecular weight excluding hydrogens is 523 g/mol. The monoisotopic (exact) mass is 553 g/mol. The number of halogens is 3. The van der Waals surface area contributed by atoms with Crippen LogP contribution < -0.4 is 10.6 Å². The molecule has 1 heterocycles. The molecule has 0 saturated heterocycles. The van der Waals surface area contributed by atoms with E-state index in [-0.39, 0.29) is 48.0 Å². The number of hydrogen-bond donors (Lipinski definition) is 3. The van der Waals surface area contributed by atoms with E-state index in [1.165, 1.54) is 42.1 Å². The van der Waals surface area contributed by atoms with Gasteiger partial charge in [-0.25, -0.2) is 0 Å². The van der Waals surface area contributed by atoms with E-state index in [4.69, 9.17) is 5.11 Å². The number of benzene rings is 2. The van der Waals surface area contributed by atoms with Crippen molar-refractivity contribution in [3.8, 4) is 11.3 Å². The number of rotatable bonds is 9. The van der Waals surface area contributed by atoms with Crippen LogP contribution in [0, 0.1) is 5.92 Å². The minimum absolute atomic E-state index is 0.0333. The zero-order valence-electron chi connectivity index (χ0n) is 21.7. The summed E-state index contributed by atoms with van der Waals surface area (Å²) in [5.41, 5.74) is 1.19. The highest BCUT2D eigenvalue weighted by Crippen LogP contribution is 2.38. The van der Waals surface area contributed by atoms with Gasteiger partial charge >= 0.3 is 12.1 Å². The number of carbonyl (C=O) groups is 3. The molecule has 1 aliphatic carbocycles. The summed E-state index contributed by atoms with van der Waals surface area (Å²) in [5, 5.41) is 14.4. The van der Waals surface area contributed by atoms with Gasteiger partial charge in [0.05, 0.1) is 16.8 Å². The molecule has 0 spiro atoms. The third kappa shape index (κ3) is 7.68. The average Bonchev–Trinajstić information content (AvgIpc) is 2.93. The minimum Gasteiger partial charge on any atom is -0.481 e. The number of carboxylic acids is 1. The number of aliphatic carboxylic acids is 1. The number of carboxylic acid groups (broad SMARTS) is 1. The lowest BCUT2D eigenvalue weighted by molar-refractivity contribution is -0.138. The highest BCUT2D eigenvalue weighted by Gasteiger charge is 2.33. The smallest absolute Gasteiger partial charge is 0.417 e. The van der Waals surface area contributed by atoms with E-state index >= 15 is 0 Å². The molecule has 1 fully saturated rings. The summed E-state index contributed by atoms with van der Waals surface area (Å²) in [6.07, 6.45) is 0.623. The van der Waals surface area contributed by atoms with Gasteiger partial charge in [-0.1, -0.05) is 30.3 Å². The van der Waals surface area contributed by atoms with E-state index in [1.807, 2.05) is 24.3 Å². The van der Waals surface area contributed by atoms with E-state index in [2.05, 4.69) is 15.6 Å². The predicted octanol–water partition coefficient (Wildman–Crippen LogP) is 6.27. The summed E-state index contributed by atoms with van der Waals surface area (Å²) < 4.78 is 39.8. The van der Waals surface area contributed by atoms with Crippen LogP contribution in [0.1, 0.15) is 65.9 Å². The van der Waals surface area contributed by atoms with E-state index in [0.29, 0.717) is 11.6 Å². The summed E-state index contributed by atoms with van der Waals surface area (Å²) in [4.78, 5) is 39.7. The van der Waals surface area contributed by atoms with Crippen molar-refractivity contribution >= 4 is 23.5 Å². The van der Waals surface area contributed by atoms with Crippen LogP contribution in [0.3, 0.4) is 0 Å². The largest absolute Gasteiger partial charge is 0.481 e. The van der Waals surface area contributed by atoms with Crippen molar-refractivity contribution in [2.24, 2.45) is 5.92 Å². The van der Waals surface area contributed by atoms with Gasteiger partial charge in [0.2, 0.25) is 5.91 Å². The zero-order chi connectivity index (χ0) is 28.7. The van der Waals surface area contributed by atoms with Crippen molar-refractivity contribution in [3.05, 3.63) is 83.6 Å². The number of alkyl halides is 3. The average molecular weight is 554 g/mol. The van der Waals surface area contributed by atoms with Crippen molar-refractivity contribution in [2.45, 2.75) is 50.6 Å². The molecule has 3 N–H and O–H groups in total. The Kier molecular flexibility index (Phi) is 9.19. The number of pyridine rings is 1. The van der Waals surface area contributed by atoms with Gasteiger partial charge in [0.15, 0.2) is 0 Å². The molecule has 0 atom stereocenters. The highest BCUT2D eigenvalue weighted by atomic mass is 19.4. The van der Waals surface area contributed by atoms with Gasteiger partial charge < -0.3 is 15.7 Å². The summed E-state index contributed by atoms with van der Waals surface area (Å²) in [5.74, 6) is -0.890. The van der Waals surface area contributed by atoms with Crippen LogP contribution in [0.25, 0.3) is 11.3 Å². The quantitative estimate of drug-likeness (QED) is 0.289. The number of hydrogen-bond acceptors (Lipinski definition) is 4. The first kappa shape index (κ1) is 28.8. The van der Waals surface area contributed by atoms with Crippen LogP contribution >= 0.6 is 0 Å². The molecule has 10 heteroatoms. The number of carbonyl (C=O) groups excluding carboxylic acids is 2.